The van der Waals surface area contributed by atoms with Crippen molar-refractivity contribution >= 4 is 11.2 Å². The van der Waals surface area contributed by atoms with E-state index < -0.39 is 24.3 Å². The number of hydrogen-bond acceptors (Lipinski definition) is 7. The van der Waals surface area contributed by atoms with Gasteiger partial charge in [0.25, 0.3) is 0 Å². The summed E-state index contributed by atoms with van der Waals surface area (Å²) in [5.74, 6) is -0.882. The quantitative estimate of drug-likeness (QED) is 0.503. The fourth-order valence-corrected chi connectivity index (χ4v) is 3.02. The molecule has 0 aromatic carbocycles. The maximum absolute atomic E-state index is 14.8. The summed E-state index contributed by atoms with van der Waals surface area (Å²) in [6.45, 7) is 2.07. The number of hydrogen-bond donors (Lipinski definition) is 2. The highest BCUT2D eigenvalue weighted by molar-refractivity contribution is 5.77. The minimum absolute atomic E-state index is 0.170. The molecule has 0 aliphatic rings. The Morgan fingerprint density at radius 2 is 2.06 bits per heavy atom. The molecule has 0 saturated carbocycles. The first-order valence-electron chi connectivity index (χ1n) is 9.28. The largest absolute Gasteiger partial charge is 0.398 e. The van der Waals surface area contributed by atoms with E-state index in [0.29, 0.717) is 22.5 Å². The van der Waals surface area contributed by atoms with Gasteiger partial charge in [-0.25, -0.2) is 13.6 Å². The lowest BCUT2D eigenvalue weighted by Gasteiger charge is -2.21. The highest BCUT2D eigenvalue weighted by atomic mass is 19.1. The Bertz CT molecular complexity index is 1320. The highest BCUT2D eigenvalue weighted by Crippen LogP contribution is 2.30. The van der Waals surface area contributed by atoms with Crippen molar-refractivity contribution in [1.82, 2.24) is 29.6 Å². The van der Waals surface area contributed by atoms with Gasteiger partial charge in [-0.15, -0.1) is 5.10 Å². The molecule has 4 heterocycles. The SMILES string of the molecule is CC(C)(O)[C@H](F)Cn1nnc(-c2cnc(-c3ccc4cc(C#N)cnn34)cc2N)c1F. The molecular weight excluding hydrogens is 406 g/mol. The van der Waals surface area contributed by atoms with Crippen LogP contribution in [0.2, 0.25) is 0 Å². The van der Waals surface area contributed by atoms with Gasteiger partial charge in [-0.2, -0.15) is 14.8 Å². The average molecular weight is 424 g/mol. The number of aromatic nitrogens is 6. The van der Waals surface area contributed by atoms with Crippen molar-refractivity contribution in [3.05, 3.63) is 48.2 Å². The predicted molar refractivity (Wildman–Crippen MR) is 108 cm³/mol. The summed E-state index contributed by atoms with van der Waals surface area (Å²) in [6, 6.07) is 8.83. The van der Waals surface area contributed by atoms with E-state index in [-0.39, 0.29) is 16.9 Å². The van der Waals surface area contributed by atoms with Gasteiger partial charge < -0.3 is 10.8 Å². The summed E-state index contributed by atoms with van der Waals surface area (Å²) in [6.07, 6.45) is 1.05. The number of nitrogen functional groups attached to an aromatic ring is 1. The lowest BCUT2D eigenvalue weighted by Crippen LogP contribution is -2.36. The molecule has 0 radical (unpaired) electrons. The highest BCUT2D eigenvalue weighted by Gasteiger charge is 2.29. The number of nitriles is 1. The number of nitrogens with zero attached hydrogens (tertiary/aromatic N) is 7. The van der Waals surface area contributed by atoms with Gasteiger partial charge in [0.05, 0.1) is 40.8 Å². The molecule has 3 N–H and O–H groups in total. The Hall–Kier alpha value is -3.91. The molecular formula is C20H18F2N8O. The molecule has 0 unspecified atom stereocenters. The molecule has 0 saturated heterocycles. The summed E-state index contributed by atoms with van der Waals surface area (Å²) in [4.78, 5) is 4.34. The number of anilines is 1. The van der Waals surface area contributed by atoms with Gasteiger partial charge in [-0.05, 0) is 38.1 Å². The third-order valence-corrected chi connectivity index (χ3v) is 4.86. The summed E-state index contributed by atoms with van der Waals surface area (Å²) >= 11 is 0. The molecule has 31 heavy (non-hydrogen) atoms. The number of fused-ring (bicyclic) bond motifs is 1. The smallest absolute Gasteiger partial charge is 0.239 e. The Morgan fingerprint density at radius 3 is 2.74 bits per heavy atom. The summed E-state index contributed by atoms with van der Waals surface area (Å²) < 4.78 is 31.2. The molecule has 0 fully saturated rings. The van der Waals surface area contributed by atoms with Crippen molar-refractivity contribution in [3.63, 3.8) is 0 Å². The minimum atomic E-state index is -1.74. The zero-order chi connectivity index (χ0) is 22.3. The van der Waals surface area contributed by atoms with E-state index in [0.717, 1.165) is 4.68 Å². The molecule has 0 aliphatic heterocycles. The number of alkyl halides is 1. The zero-order valence-electron chi connectivity index (χ0n) is 16.7. The summed E-state index contributed by atoms with van der Waals surface area (Å²) in [5, 5.41) is 30.4. The molecule has 0 bridgehead atoms. The molecule has 11 heteroatoms. The lowest BCUT2D eigenvalue weighted by molar-refractivity contribution is -0.0133. The Labute approximate surface area is 175 Å². The summed E-state index contributed by atoms with van der Waals surface area (Å²) in [5.41, 5.74) is 6.95. The molecule has 0 spiro atoms. The van der Waals surface area contributed by atoms with E-state index in [9.17, 15) is 13.9 Å². The van der Waals surface area contributed by atoms with E-state index in [2.05, 4.69) is 20.4 Å². The van der Waals surface area contributed by atoms with Gasteiger partial charge in [-0.3, -0.25) is 4.98 Å². The van der Waals surface area contributed by atoms with E-state index in [1.807, 2.05) is 6.07 Å². The summed E-state index contributed by atoms with van der Waals surface area (Å²) in [7, 11) is 0. The number of pyridine rings is 1. The predicted octanol–water partition coefficient (Wildman–Crippen LogP) is 2.36. The van der Waals surface area contributed by atoms with E-state index in [1.54, 1.807) is 28.8 Å². The maximum Gasteiger partial charge on any atom is 0.239 e. The minimum Gasteiger partial charge on any atom is -0.398 e. The number of aliphatic hydroxyl groups is 1. The van der Waals surface area contributed by atoms with Crippen LogP contribution in [-0.2, 0) is 6.54 Å². The van der Waals surface area contributed by atoms with Crippen LogP contribution in [0.15, 0.2) is 36.7 Å². The van der Waals surface area contributed by atoms with Crippen LogP contribution >= 0.6 is 0 Å². The van der Waals surface area contributed by atoms with Crippen LogP contribution in [0.25, 0.3) is 28.2 Å². The topological polar surface area (TPSA) is 131 Å². The maximum atomic E-state index is 14.8. The number of nitrogens with two attached hydrogens (primary N) is 1. The van der Waals surface area contributed by atoms with Crippen LogP contribution in [0.3, 0.4) is 0 Å². The molecule has 1 atom stereocenters. The van der Waals surface area contributed by atoms with E-state index in [1.165, 1.54) is 26.2 Å². The molecule has 0 amide bonds. The second-order valence-electron chi connectivity index (χ2n) is 7.60. The zero-order valence-corrected chi connectivity index (χ0v) is 16.7. The molecule has 9 nitrogen and oxygen atoms in total. The molecule has 4 aromatic rings. The first-order valence-corrected chi connectivity index (χ1v) is 9.28. The fraction of sp³-hybridized carbons (Fsp3) is 0.250. The second-order valence-corrected chi connectivity index (χ2v) is 7.60. The fourth-order valence-electron chi connectivity index (χ4n) is 3.02. The monoisotopic (exact) mass is 424 g/mol. The van der Waals surface area contributed by atoms with Gasteiger partial charge in [0, 0.05) is 17.4 Å². The van der Waals surface area contributed by atoms with Crippen molar-refractivity contribution < 1.29 is 13.9 Å². The van der Waals surface area contributed by atoms with Crippen LogP contribution in [0.4, 0.5) is 14.5 Å². The number of halogens is 2. The van der Waals surface area contributed by atoms with Gasteiger partial charge in [0.15, 0.2) is 5.69 Å². The Morgan fingerprint density at radius 1 is 1.29 bits per heavy atom. The standard InChI is InChI=1S/C20H18F2N8O/c1-20(2,31)17(21)10-29-19(22)18(27-28-29)13-9-25-15(6-14(13)24)16-4-3-12-5-11(7-23)8-26-30(12)16/h3-6,8-9,17,31H,10H2,1-2H3,(H2,24,25)/t17-/m1/s1. The average Bonchev–Trinajstić information content (AvgIpc) is 3.30. The van der Waals surface area contributed by atoms with Crippen molar-refractivity contribution in [2.45, 2.75) is 32.2 Å². The van der Waals surface area contributed by atoms with Crippen molar-refractivity contribution in [2.75, 3.05) is 5.73 Å². The third kappa shape index (κ3) is 3.69. The van der Waals surface area contributed by atoms with Crippen LogP contribution in [0, 0.1) is 17.3 Å². The van der Waals surface area contributed by atoms with Crippen LogP contribution < -0.4 is 5.73 Å². The van der Waals surface area contributed by atoms with E-state index in [4.69, 9.17) is 11.0 Å². The van der Waals surface area contributed by atoms with Gasteiger partial charge >= 0.3 is 0 Å². The Kier molecular flexibility index (Phi) is 4.87. The second kappa shape index (κ2) is 7.41. The van der Waals surface area contributed by atoms with Crippen molar-refractivity contribution in [2.24, 2.45) is 0 Å². The molecule has 4 aromatic heterocycles. The van der Waals surface area contributed by atoms with E-state index >= 15 is 0 Å². The molecule has 0 aliphatic carbocycles. The van der Waals surface area contributed by atoms with Crippen molar-refractivity contribution in [1.29, 1.82) is 5.26 Å². The van der Waals surface area contributed by atoms with Gasteiger partial charge in [0.2, 0.25) is 5.95 Å². The molecule has 158 valence electrons. The third-order valence-electron chi connectivity index (χ3n) is 4.86. The van der Waals surface area contributed by atoms with Gasteiger partial charge in [0.1, 0.15) is 12.2 Å². The normalized spacial score (nSPS) is 12.8. The first kappa shape index (κ1) is 20.4. The first-order chi connectivity index (χ1) is 14.7. The van der Waals surface area contributed by atoms with Crippen molar-refractivity contribution in [3.8, 4) is 28.7 Å². The molecule has 4 rings (SSSR count). The number of rotatable bonds is 5. The Balaban J connectivity index is 1.67. The van der Waals surface area contributed by atoms with Crippen LogP contribution in [0.1, 0.15) is 19.4 Å². The van der Waals surface area contributed by atoms with Crippen LogP contribution in [-0.4, -0.2) is 46.5 Å². The lowest BCUT2D eigenvalue weighted by atomic mass is 10.0. The van der Waals surface area contributed by atoms with Crippen LogP contribution in [0.5, 0.6) is 0 Å². The van der Waals surface area contributed by atoms with Gasteiger partial charge in [-0.1, -0.05) is 5.21 Å².